The summed E-state index contributed by atoms with van der Waals surface area (Å²) in [6.45, 7) is 0.593. The van der Waals surface area contributed by atoms with Crippen molar-refractivity contribution in [3.05, 3.63) is 0 Å². The third-order valence-corrected chi connectivity index (χ3v) is 4.02. The maximum absolute atomic E-state index is 12.8. The zero-order chi connectivity index (χ0) is 11.6. The Morgan fingerprint density at radius 2 is 2.00 bits per heavy atom. The lowest BCUT2D eigenvalue weighted by molar-refractivity contribution is -0.107. The van der Waals surface area contributed by atoms with Crippen LogP contribution in [0.1, 0.15) is 38.5 Å². The van der Waals surface area contributed by atoms with Gasteiger partial charge in [-0.25, -0.2) is 8.78 Å². The van der Waals surface area contributed by atoms with Crippen LogP contribution in [0.25, 0.3) is 0 Å². The molecule has 1 saturated heterocycles. The molecule has 1 aliphatic heterocycles. The van der Waals surface area contributed by atoms with Crippen molar-refractivity contribution in [2.24, 2.45) is 11.8 Å². The summed E-state index contributed by atoms with van der Waals surface area (Å²) >= 11 is 0. The summed E-state index contributed by atoms with van der Waals surface area (Å²) in [6.07, 6.45) is 3.36. The van der Waals surface area contributed by atoms with Gasteiger partial charge >= 0.3 is 0 Å². The fraction of sp³-hybridized carbons (Fsp3) is 1.00. The molecule has 1 saturated carbocycles. The molecule has 94 valence electrons. The van der Waals surface area contributed by atoms with Crippen molar-refractivity contribution in [3.8, 4) is 0 Å². The Kier molecular flexibility index (Phi) is 3.77. The van der Waals surface area contributed by atoms with Crippen molar-refractivity contribution in [3.63, 3.8) is 0 Å². The van der Waals surface area contributed by atoms with Gasteiger partial charge in [-0.1, -0.05) is 12.8 Å². The summed E-state index contributed by atoms with van der Waals surface area (Å²) in [4.78, 5) is 0. The van der Waals surface area contributed by atoms with Crippen LogP contribution in [0.15, 0.2) is 0 Å². The normalized spacial score (nSPS) is 31.1. The van der Waals surface area contributed by atoms with Crippen LogP contribution in [0, 0.1) is 5.92 Å². The smallest absolute Gasteiger partial charge is 0.255 e. The zero-order valence-corrected chi connectivity index (χ0v) is 9.42. The number of halogens is 2. The summed E-state index contributed by atoms with van der Waals surface area (Å²) < 4.78 is 31.4. The molecule has 1 spiro atoms. The largest absolute Gasteiger partial charge is 0.375 e. The summed E-state index contributed by atoms with van der Waals surface area (Å²) in [5.74, 6) is 5.16. The second-order valence-corrected chi connectivity index (χ2v) is 5.02. The maximum atomic E-state index is 12.8. The Labute approximate surface area is 94.7 Å². The average Bonchev–Trinajstić information content (AvgIpc) is 2.67. The van der Waals surface area contributed by atoms with Crippen LogP contribution in [0.2, 0.25) is 0 Å². The predicted octanol–water partition coefficient (Wildman–Crippen LogP) is 1.82. The van der Waals surface area contributed by atoms with Crippen molar-refractivity contribution in [1.29, 1.82) is 0 Å². The SMILES string of the molecule is NNC(C(F)F)C1CCOC2(CCCC2)C1. The Morgan fingerprint density at radius 3 is 2.56 bits per heavy atom. The molecule has 1 heterocycles. The summed E-state index contributed by atoms with van der Waals surface area (Å²) in [5.41, 5.74) is 2.15. The molecule has 0 bridgehead atoms. The number of hydrogen-bond donors (Lipinski definition) is 2. The number of rotatable bonds is 3. The predicted molar refractivity (Wildman–Crippen MR) is 57.0 cm³/mol. The third kappa shape index (κ3) is 2.36. The van der Waals surface area contributed by atoms with Gasteiger partial charge in [0, 0.05) is 6.61 Å². The summed E-state index contributed by atoms with van der Waals surface area (Å²) in [6, 6.07) is -0.888. The van der Waals surface area contributed by atoms with E-state index in [1.54, 1.807) is 0 Å². The lowest BCUT2D eigenvalue weighted by atomic mass is 9.81. The molecule has 0 radical (unpaired) electrons. The molecule has 0 aromatic carbocycles. The molecule has 2 atom stereocenters. The highest BCUT2D eigenvalue weighted by atomic mass is 19.3. The van der Waals surface area contributed by atoms with E-state index >= 15 is 0 Å². The highest BCUT2D eigenvalue weighted by Gasteiger charge is 2.43. The maximum Gasteiger partial charge on any atom is 0.255 e. The van der Waals surface area contributed by atoms with Gasteiger partial charge in [0.25, 0.3) is 6.43 Å². The second-order valence-electron chi connectivity index (χ2n) is 5.02. The quantitative estimate of drug-likeness (QED) is 0.578. The molecule has 0 aromatic rings. The van der Waals surface area contributed by atoms with Crippen LogP contribution in [0.4, 0.5) is 8.78 Å². The summed E-state index contributed by atoms with van der Waals surface area (Å²) in [5, 5.41) is 0. The van der Waals surface area contributed by atoms with Crippen LogP contribution in [-0.4, -0.2) is 24.7 Å². The standard InChI is InChI=1S/C11H20F2N2O/c12-10(13)9(15-14)8-3-6-16-11(7-8)4-1-2-5-11/h8-10,15H,1-7,14H2. The Hall–Kier alpha value is -0.260. The Balaban J connectivity index is 2.00. The van der Waals surface area contributed by atoms with Gasteiger partial charge in [0.15, 0.2) is 0 Å². The molecule has 2 aliphatic rings. The molecule has 2 unspecified atom stereocenters. The molecule has 2 rings (SSSR count). The molecule has 5 heteroatoms. The second kappa shape index (κ2) is 4.94. The Morgan fingerprint density at radius 1 is 1.31 bits per heavy atom. The van der Waals surface area contributed by atoms with E-state index in [2.05, 4.69) is 5.43 Å². The van der Waals surface area contributed by atoms with Crippen LogP contribution in [-0.2, 0) is 4.74 Å². The van der Waals surface area contributed by atoms with Crippen LogP contribution >= 0.6 is 0 Å². The van der Waals surface area contributed by atoms with Crippen LogP contribution in [0.5, 0.6) is 0 Å². The van der Waals surface area contributed by atoms with Gasteiger partial charge in [-0.05, 0) is 31.6 Å². The van der Waals surface area contributed by atoms with Crippen molar-refractivity contribution < 1.29 is 13.5 Å². The van der Waals surface area contributed by atoms with E-state index in [-0.39, 0.29) is 11.5 Å². The minimum absolute atomic E-state index is 0.0585. The van der Waals surface area contributed by atoms with Gasteiger partial charge in [0.05, 0.1) is 11.6 Å². The third-order valence-electron chi connectivity index (χ3n) is 4.02. The van der Waals surface area contributed by atoms with Gasteiger partial charge in [0.1, 0.15) is 0 Å². The van der Waals surface area contributed by atoms with E-state index in [0.717, 1.165) is 32.1 Å². The van der Waals surface area contributed by atoms with Gasteiger partial charge < -0.3 is 4.74 Å². The molecule has 0 amide bonds. The molecule has 16 heavy (non-hydrogen) atoms. The molecular weight excluding hydrogens is 214 g/mol. The van der Waals surface area contributed by atoms with E-state index in [1.807, 2.05) is 0 Å². The number of hydrazine groups is 1. The molecule has 3 nitrogen and oxygen atoms in total. The Bertz CT molecular complexity index is 232. The van der Waals surface area contributed by atoms with E-state index in [9.17, 15) is 8.78 Å². The number of nitrogens with two attached hydrogens (primary N) is 1. The lowest BCUT2D eigenvalue weighted by Crippen LogP contribution is -2.51. The number of ether oxygens (including phenoxy) is 1. The van der Waals surface area contributed by atoms with Crippen LogP contribution < -0.4 is 11.3 Å². The van der Waals surface area contributed by atoms with E-state index in [1.165, 1.54) is 0 Å². The van der Waals surface area contributed by atoms with E-state index in [4.69, 9.17) is 10.6 Å². The first-order valence-electron chi connectivity index (χ1n) is 6.05. The number of nitrogens with one attached hydrogen (secondary N) is 1. The number of hydrogen-bond acceptors (Lipinski definition) is 3. The van der Waals surface area contributed by atoms with E-state index < -0.39 is 12.5 Å². The van der Waals surface area contributed by atoms with Crippen molar-refractivity contribution in [2.75, 3.05) is 6.61 Å². The van der Waals surface area contributed by atoms with Gasteiger partial charge in [0.2, 0.25) is 0 Å². The van der Waals surface area contributed by atoms with Gasteiger partial charge in [-0.3, -0.25) is 11.3 Å². The number of alkyl halides is 2. The molecule has 2 fully saturated rings. The first-order valence-corrected chi connectivity index (χ1v) is 6.05. The lowest BCUT2D eigenvalue weighted by Gasteiger charge is -2.40. The highest BCUT2D eigenvalue weighted by molar-refractivity contribution is 4.94. The van der Waals surface area contributed by atoms with Crippen molar-refractivity contribution >= 4 is 0 Å². The zero-order valence-electron chi connectivity index (χ0n) is 9.42. The van der Waals surface area contributed by atoms with Crippen molar-refractivity contribution in [2.45, 2.75) is 56.6 Å². The minimum atomic E-state index is -2.40. The molecule has 1 aliphatic carbocycles. The van der Waals surface area contributed by atoms with E-state index in [0.29, 0.717) is 13.0 Å². The van der Waals surface area contributed by atoms with Gasteiger partial charge in [-0.15, -0.1) is 0 Å². The average molecular weight is 234 g/mol. The fourth-order valence-electron chi connectivity index (χ4n) is 3.15. The molecule has 0 aromatic heterocycles. The monoisotopic (exact) mass is 234 g/mol. The first-order chi connectivity index (χ1) is 7.67. The molecule has 3 N–H and O–H groups in total. The van der Waals surface area contributed by atoms with Crippen molar-refractivity contribution in [1.82, 2.24) is 5.43 Å². The topological polar surface area (TPSA) is 47.3 Å². The first kappa shape index (κ1) is 12.2. The summed E-state index contributed by atoms with van der Waals surface area (Å²) in [7, 11) is 0. The van der Waals surface area contributed by atoms with Crippen LogP contribution in [0.3, 0.4) is 0 Å². The fourth-order valence-corrected chi connectivity index (χ4v) is 3.15. The minimum Gasteiger partial charge on any atom is -0.375 e. The highest BCUT2D eigenvalue weighted by Crippen LogP contribution is 2.43. The van der Waals surface area contributed by atoms with Gasteiger partial charge in [-0.2, -0.15) is 0 Å². The molecular formula is C11H20F2N2O.